The molecule has 0 unspecified atom stereocenters. The fraction of sp³-hybridized carbons (Fsp3) is 0.684. The molecule has 27 nitrogen and oxygen atoms in total. The molecule has 65 heavy (non-hydrogen) atoms. The molecule has 22 N–H and O–H groups in total. The minimum absolute atomic E-state index is 0.0158. The highest BCUT2D eigenvalue weighted by Crippen LogP contribution is 2.14. The third-order valence-electron chi connectivity index (χ3n) is 9.95. The number of nitrogens with one attached hydrogen (secondary N) is 7. The summed E-state index contributed by atoms with van der Waals surface area (Å²) in [5.74, 6) is -10.2. The molecule has 0 aromatic rings. The van der Waals surface area contributed by atoms with Crippen molar-refractivity contribution in [2.24, 2.45) is 62.0 Å². The van der Waals surface area contributed by atoms with E-state index in [1.807, 2.05) is 0 Å². The van der Waals surface area contributed by atoms with Gasteiger partial charge >= 0.3 is 5.97 Å². The normalized spacial score (nSPS) is 14.4. The predicted octanol–water partition coefficient (Wildman–Crippen LogP) is -6.21. The molecule has 9 amide bonds. The number of aliphatic imine (C=N–C) groups is 2. The van der Waals surface area contributed by atoms with Crippen molar-refractivity contribution in [3.63, 3.8) is 0 Å². The van der Waals surface area contributed by atoms with Crippen LogP contribution in [-0.2, 0) is 47.9 Å². The van der Waals surface area contributed by atoms with Crippen LogP contribution in [0.3, 0.4) is 0 Å². The molecule has 0 saturated carbocycles. The fourth-order valence-corrected chi connectivity index (χ4v) is 5.77. The molecule has 0 saturated heterocycles. The SMILES string of the molecule is CC[C@H](C)[C@H](NC(=O)[C@H](CCCN=C(N)N)NC(=O)[C@H](CCC(N)=O)NC(=O)[C@H](CCCN=C(N)N)NC(=O)[C@@H](N)CCC(N)=O)C(=O)N[C@H](C(=O)NCC(=O)NCC(=O)O)[C@@H](C)CC. The first kappa shape index (κ1) is 58.2. The molecule has 8 atom stereocenters. The van der Waals surface area contributed by atoms with Gasteiger partial charge in [0.2, 0.25) is 53.2 Å². The van der Waals surface area contributed by atoms with Crippen molar-refractivity contribution in [2.45, 2.75) is 128 Å². The average Bonchev–Trinajstić information content (AvgIpc) is 3.24. The van der Waals surface area contributed by atoms with E-state index in [9.17, 15) is 47.9 Å². The quantitative estimate of drug-likeness (QED) is 0.0165. The Balaban J connectivity index is 6.66. The minimum atomic E-state index is -1.53. The van der Waals surface area contributed by atoms with Crippen LogP contribution in [0.15, 0.2) is 9.98 Å². The summed E-state index contributed by atoms with van der Waals surface area (Å²) in [4.78, 5) is 136. The molecule has 0 rings (SSSR count). The molecular formula is C38H70N16O11. The standard InChI is InChI=1S/C38H70N16O11/c1-5-19(3)29(35(64)49-17-27(57)48-18-28(58)59)54-36(65)30(20(4)6-2)53-34(63)23(10-8-16-47-38(44)45)51-33(62)24(12-14-26(41)56)52-32(61)22(9-7-15-46-37(42)43)50-31(60)21(39)11-13-25(40)55/h19-24,29-30H,5-18,39H2,1-4H3,(H2,40,55)(H2,41,56)(H,48,57)(H,49,64)(H,50,60)(H,51,62)(H,52,61)(H,53,63)(H,54,65)(H,58,59)(H4,42,43,46)(H4,44,45,47)/t19-,20-,21-,22-,23-,24-,29-,30-/m0/s1. The van der Waals surface area contributed by atoms with Gasteiger partial charge in [-0.05, 0) is 50.4 Å². The van der Waals surface area contributed by atoms with Crippen LogP contribution in [0.5, 0.6) is 0 Å². The summed E-state index contributed by atoms with van der Waals surface area (Å²) >= 11 is 0. The van der Waals surface area contributed by atoms with Crippen LogP contribution in [0, 0.1) is 11.8 Å². The molecule has 0 aliphatic carbocycles. The number of hydrogen-bond acceptors (Lipinski definition) is 13. The van der Waals surface area contributed by atoms with Gasteiger partial charge < -0.3 is 82.5 Å². The van der Waals surface area contributed by atoms with Crippen LogP contribution < -0.4 is 77.4 Å². The molecule has 27 heteroatoms. The Bertz CT molecular complexity index is 1700. The Hall–Kier alpha value is -6.80. The number of amides is 9. The number of guanidine groups is 2. The van der Waals surface area contributed by atoms with Gasteiger partial charge in [0.25, 0.3) is 0 Å². The summed E-state index contributed by atoms with van der Waals surface area (Å²) in [7, 11) is 0. The van der Waals surface area contributed by atoms with E-state index in [1.165, 1.54) is 0 Å². The van der Waals surface area contributed by atoms with Gasteiger partial charge in [-0.2, -0.15) is 0 Å². The third kappa shape index (κ3) is 25.2. The van der Waals surface area contributed by atoms with Crippen LogP contribution in [0.25, 0.3) is 0 Å². The zero-order chi connectivity index (χ0) is 49.8. The first-order valence-electron chi connectivity index (χ1n) is 21.1. The number of carbonyl (C=O) groups excluding carboxylic acids is 9. The molecule has 0 aromatic heterocycles. The zero-order valence-electron chi connectivity index (χ0n) is 37.5. The second kappa shape index (κ2) is 31.1. The summed E-state index contributed by atoms with van der Waals surface area (Å²) in [6.07, 6.45) is -0.288. The van der Waals surface area contributed by atoms with Gasteiger partial charge in [0.1, 0.15) is 36.8 Å². The molecule has 0 aliphatic rings. The van der Waals surface area contributed by atoms with E-state index in [4.69, 9.17) is 45.2 Å². The van der Waals surface area contributed by atoms with Gasteiger partial charge in [0.05, 0.1) is 12.6 Å². The van der Waals surface area contributed by atoms with Gasteiger partial charge in [-0.1, -0.05) is 40.5 Å². The van der Waals surface area contributed by atoms with Crippen LogP contribution in [0.1, 0.15) is 91.9 Å². The topological polar surface area (TPSA) is 482 Å². The lowest BCUT2D eigenvalue weighted by atomic mass is 9.94. The van der Waals surface area contributed by atoms with Crippen molar-refractivity contribution in [1.29, 1.82) is 0 Å². The maximum Gasteiger partial charge on any atom is 0.322 e. The van der Waals surface area contributed by atoms with E-state index >= 15 is 0 Å². The first-order chi connectivity index (χ1) is 30.4. The number of nitrogens with two attached hydrogens (primary N) is 7. The maximum atomic E-state index is 14.1. The first-order valence-corrected chi connectivity index (χ1v) is 21.1. The second-order valence-corrected chi connectivity index (χ2v) is 15.3. The molecule has 0 heterocycles. The Kier molecular flexibility index (Phi) is 27.9. The van der Waals surface area contributed by atoms with E-state index in [2.05, 4.69) is 47.2 Å². The molecule has 0 aromatic carbocycles. The van der Waals surface area contributed by atoms with Crippen LogP contribution in [0.2, 0.25) is 0 Å². The van der Waals surface area contributed by atoms with E-state index in [-0.39, 0.29) is 70.0 Å². The van der Waals surface area contributed by atoms with E-state index in [0.29, 0.717) is 12.8 Å². The summed E-state index contributed by atoms with van der Waals surface area (Å²) in [6, 6.07) is -8.01. The molecule has 0 bridgehead atoms. The lowest BCUT2D eigenvalue weighted by Gasteiger charge is -2.30. The largest absolute Gasteiger partial charge is 0.480 e. The lowest BCUT2D eigenvalue weighted by Crippen LogP contribution is -2.61. The molecule has 0 spiro atoms. The Labute approximate surface area is 377 Å². The van der Waals surface area contributed by atoms with Crippen molar-refractivity contribution in [3.8, 4) is 0 Å². The summed E-state index contributed by atoms with van der Waals surface area (Å²) in [5, 5.41) is 26.1. The van der Waals surface area contributed by atoms with Gasteiger partial charge in [0, 0.05) is 25.9 Å². The molecule has 368 valence electrons. The summed E-state index contributed by atoms with van der Waals surface area (Å²) < 4.78 is 0. The summed E-state index contributed by atoms with van der Waals surface area (Å²) in [5.41, 5.74) is 38.2. The van der Waals surface area contributed by atoms with E-state index in [0.717, 1.165) is 0 Å². The maximum absolute atomic E-state index is 14.1. The van der Waals surface area contributed by atoms with Crippen LogP contribution in [-0.4, -0.2) is 139 Å². The van der Waals surface area contributed by atoms with Gasteiger partial charge in [-0.15, -0.1) is 0 Å². The number of rotatable bonds is 33. The number of carboxylic acids is 1. The molecular weight excluding hydrogens is 857 g/mol. The van der Waals surface area contributed by atoms with Gasteiger partial charge in [-0.3, -0.25) is 57.9 Å². The fourth-order valence-electron chi connectivity index (χ4n) is 5.77. The number of carboxylic acid groups (broad SMARTS) is 1. The van der Waals surface area contributed by atoms with Gasteiger partial charge in [-0.25, -0.2) is 0 Å². The minimum Gasteiger partial charge on any atom is -0.480 e. The number of primary amides is 2. The second-order valence-electron chi connectivity index (χ2n) is 15.3. The van der Waals surface area contributed by atoms with Crippen molar-refractivity contribution < 1.29 is 53.1 Å². The van der Waals surface area contributed by atoms with Crippen molar-refractivity contribution in [2.75, 3.05) is 26.2 Å². The smallest absolute Gasteiger partial charge is 0.322 e. The highest BCUT2D eigenvalue weighted by atomic mass is 16.4. The van der Waals surface area contributed by atoms with Crippen LogP contribution >= 0.6 is 0 Å². The Morgan fingerprint density at radius 3 is 1.34 bits per heavy atom. The van der Waals surface area contributed by atoms with Crippen molar-refractivity contribution >= 4 is 71.1 Å². The third-order valence-corrected chi connectivity index (χ3v) is 9.95. The number of carbonyl (C=O) groups is 10. The van der Waals surface area contributed by atoms with E-state index < -0.39 is 127 Å². The average molecular weight is 927 g/mol. The zero-order valence-corrected chi connectivity index (χ0v) is 37.5. The van der Waals surface area contributed by atoms with Crippen molar-refractivity contribution in [1.82, 2.24) is 37.2 Å². The highest BCUT2D eigenvalue weighted by Gasteiger charge is 2.35. The summed E-state index contributed by atoms with van der Waals surface area (Å²) in [6.45, 7) is 5.65. The molecule has 0 radical (unpaired) electrons. The number of aliphatic carboxylic acids is 1. The van der Waals surface area contributed by atoms with Crippen molar-refractivity contribution in [3.05, 3.63) is 0 Å². The predicted molar refractivity (Wildman–Crippen MR) is 237 cm³/mol. The Morgan fingerprint density at radius 2 is 0.908 bits per heavy atom. The number of hydrogen-bond donors (Lipinski definition) is 15. The highest BCUT2D eigenvalue weighted by molar-refractivity contribution is 5.97. The monoisotopic (exact) mass is 927 g/mol. The molecule has 0 fully saturated rings. The Morgan fingerprint density at radius 1 is 0.508 bits per heavy atom. The molecule has 0 aliphatic heterocycles. The number of nitrogens with zero attached hydrogens (tertiary/aromatic N) is 2. The van der Waals surface area contributed by atoms with Crippen LogP contribution in [0.4, 0.5) is 0 Å². The van der Waals surface area contributed by atoms with Gasteiger partial charge in [0.15, 0.2) is 11.9 Å². The van der Waals surface area contributed by atoms with E-state index in [1.54, 1.807) is 27.7 Å². The lowest BCUT2D eigenvalue weighted by molar-refractivity contribution is -0.138.